The summed E-state index contributed by atoms with van der Waals surface area (Å²) in [6.07, 6.45) is 0. The Morgan fingerprint density at radius 2 is 2.00 bits per heavy atom. The van der Waals surface area contributed by atoms with Crippen molar-refractivity contribution in [3.05, 3.63) is 10.7 Å². The number of hydrogen-bond acceptors (Lipinski definition) is 10. The van der Waals surface area contributed by atoms with Crippen molar-refractivity contribution in [1.82, 2.24) is 15.2 Å². The Kier molecular flexibility index (Phi) is 5.33. The second kappa shape index (κ2) is 7.22. The molecule has 2 aromatic rings. The zero-order valence-corrected chi connectivity index (χ0v) is 13.6. The molecule has 0 amide bonds. The molecule has 0 aliphatic rings. The van der Waals surface area contributed by atoms with Gasteiger partial charge < -0.3 is 0 Å². The molecule has 2 heterocycles. The molecule has 0 bridgehead atoms. The summed E-state index contributed by atoms with van der Waals surface area (Å²) in [6, 6.07) is 3.78. The number of azo groups is 1. The number of nitrogens with zero attached hydrogens (tertiary/aromatic N) is 7. The van der Waals surface area contributed by atoms with Gasteiger partial charge in [-0.1, -0.05) is 41.4 Å². The van der Waals surface area contributed by atoms with E-state index < -0.39 is 5.92 Å². The van der Waals surface area contributed by atoms with E-state index in [1.54, 1.807) is 18.7 Å². The van der Waals surface area contributed by atoms with Gasteiger partial charge in [0, 0.05) is 0 Å². The highest BCUT2D eigenvalue weighted by Gasteiger charge is 2.16. The molecule has 0 fully saturated rings. The molecule has 21 heavy (non-hydrogen) atoms. The van der Waals surface area contributed by atoms with Crippen LogP contribution in [0.15, 0.2) is 14.6 Å². The third-order valence-corrected chi connectivity index (χ3v) is 5.11. The molecule has 0 saturated heterocycles. The first kappa shape index (κ1) is 15.5. The average molecular weight is 335 g/mol. The first-order valence-electron chi connectivity index (χ1n) is 5.82. The summed E-state index contributed by atoms with van der Waals surface area (Å²) in [5.74, 6) is 0.0546. The predicted octanol–water partition coefficient (Wildman–Crippen LogP) is 3.96. The summed E-state index contributed by atoms with van der Waals surface area (Å²) in [4.78, 5) is 4.18. The van der Waals surface area contributed by atoms with Gasteiger partial charge in [0.15, 0.2) is 15.3 Å². The molecule has 2 aromatic heterocycles. The van der Waals surface area contributed by atoms with E-state index in [2.05, 4.69) is 25.4 Å². The predicted molar refractivity (Wildman–Crippen MR) is 81.3 cm³/mol. The maximum atomic E-state index is 8.86. The first-order chi connectivity index (χ1) is 10.2. The highest BCUT2D eigenvalue weighted by atomic mass is 32.2. The van der Waals surface area contributed by atoms with E-state index in [0.717, 1.165) is 10.1 Å². The van der Waals surface area contributed by atoms with Crippen LogP contribution in [0.4, 0.5) is 10.1 Å². The third kappa shape index (κ3) is 3.82. The Morgan fingerprint density at radius 1 is 1.24 bits per heavy atom. The molecule has 0 unspecified atom stereocenters. The number of thioether (sulfide) groups is 1. The van der Waals surface area contributed by atoms with E-state index in [4.69, 9.17) is 10.5 Å². The molecule has 0 atom stereocenters. The van der Waals surface area contributed by atoms with E-state index in [-0.39, 0.29) is 0 Å². The Labute approximate surface area is 133 Å². The van der Waals surface area contributed by atoms with Crippen LogP contribution in [0, 0.1) is 29.6 Å². The van der Waals surface area contributed by atoms with Crippen LogP contribution in [0.3, 0.4) is 0 Å². The van der Waals surface area contributed by atoms with Crippen molar-refractivity contribution < 1.29 is 0 Å². The zero-order valence-electron chi connectivity index (χ0n) is 11.1. The third-order valence-electron chi connectivity index (χ3n) is 2.18. The molecule has 0 aliphatic heterocycles. The molecule has 106 valence electrons. The molecule has 0 N–H and O–H groups in total. The summed E-state index contributed by atoms with van der Waals surface area (Å²) < 4.78 is 0.849. The lowest BCUT2D eigenvalue weighted by Crippen LogP contribution is -1.89. The van der Waals surface area contributed by atoms with Crippen LogP contribution >= 0.6 is 34.4 Å². The van der Waals surface area contributed by atoms with Crippen molar-refractivity contribution >= 4 is 44.6 Å². The number of thiazole rings is 1. The number of nitriles is 2. The van der Waals surface area contributed by atoms with Gasteiger partial charge in [0.1, 0.15) is 5.01 Å². The summed E-state index contributed by atoms with van der Waals surface area (Å²) in [6.45, 7) is 3.80. The fourth-order valence-corrected chi connectivity index (χ4v) is 3.72. The monoisotopic (exact) mass is 335 g/mol. The Morgan fingerprint density at radius 3 is 2.67 bits per heavy atom. The van der Waals surface area contributed by atoms with Crippen molar-refractivity contribution in [2.24, 2.45) is 10.2 Å². The van der Waals surface area contributed by atoms with Gasteiger partial charge in [0.2, 0.25) is 0 Å². The van der Waals surface area contributed by atoms with E-state index >= 15 is 0 Å². The molecule has 0 saturated carbocycles. The molecule has 2 rings (SSSR count). The number of aromatic nitrogens is 3. The summed E-state index contributed by atoms with van der Waals surface area (Å²) in [5.41, 5.74) is 0.641. The molecular weight excluding hydrogens is 326 g/mol. The largest absolute Gasteiger partial charge is 0.252 e. The van der Waals surface area contributed by atoms with Gasteiger partial charge in [0.05, 0.1) is 17.8 Å². The van der Waals surface area contributed by atoms with Crippen molar-refractivity contribution in [2.45, 2.75) is 24.1 Å². The van der Waals surface area contributed by atoms with Crippen LogP contribution in [0.5, 0.6) is 0 Å². The van der Waals surface area contributed by atoms with E-state index in [0.29, 0.717) is 20.8 Å². The second-order valence-electron chi connectivity index (χ2n) is 3.62. The molecule has 0 aromatic carbocycles. The van der Waals surface area contributed by atoms with Gasteiger partial charge in [-0.05, 0) is 12.7 Å². The first-order valence-corrected chi connectivity index (χ1v) is 8.44. The van der Waals surface area contributed by atoms with Gasteiger partial charge in [0.25, 0.3) is 5.13 Å². The van der Waals surface area contributed by atoms with Crippen LogP contribution < -0.4 is 0 Å². The van der Waals surface area contributed by atoms with Crippen LogP contribution in [0.25, 0.3) is 0 Å². The summed E-state index contributed by atoms with van der Waals surface area (Å²) in [7, 11) is 0. The maximum Gasteiger partial charge on any atom is 0.252 e. The number of hydrogen-bond donors (Lipinski definition) is 0. The summed E-state index contributed by atoms with van der Waals surface area (Å²) in [5, 5.41) is 35.2. The minimum absolute atomic E-state index is 0.436. The molecule has 0 aliphatic carbocycles. The number of aryl methyl sites for hydroxylation is 1. The lowest BCUT2D eigenvalue weighted by Gasteiger charge is -1.88. The van der Waals surface area contributed by atoms with Crippen LogP contribution in [-0.4, -0.2) is 20.9 Å². The van der Waals surface area contributed by atoms with Crippen molar-refractivity contribution in [1.29, 1.82) is 10.5 Å². The molecular formula is C11H9N7S3. The van der Waals surface area contributed by atoms with Gasteiger partial charge in [-0.3, -0.25) is 0 Å². The second-order valence-corrected chi connectivity index (χ2v) is 7.09. The van der Waals surface area contributed by atoms with Crippen LogP contribution in [0.1, 0.15) is 23.5 Å². The van der Waals surface area contributed by atoms with Gasteiger partial charge in [-0.15, -0.1) is 20.4 Å². The van der Waals surface area contributed by atoms with Crippen molar-refractivity contribution in [2.75, 3.05) is 5.75 Å². The minimum atomic E-state index is -0.869. The average Bonchev–Trinajstić information content (AvgIpc) is 3.06. The van der Waals surface area contributed by atoms with Crippen molar-refractivity contribution in [3.63, 3.8) is 0 Å². The normalized spacial score (nSPS) is 10.9. The Bertz CT molecular complexity index is 720. The topological polar surface area (TPSA) is 111 Å². The standard InChI is InChI=1S/C11H9N7S3/c1-3-19-11-18-17-10(21-11)16-15-8-6(2)14-9(20-8)7(4-12)5-13/h7H,3H2,1-2H3/b16-15+. The fraction of sp³-hybridized carbons (Fsp3) is 0.364. The lowest BCUT2D eigenvalue weighted by molar-refractivity contribution is 0.994. The quantitative estimate of drug-likeness (QED) is 0.604. The van der Waals surface area contributed by atoms with Crippen LogP contribution in [-0.2, 0) is 0 Å². The van der Waals surface area contributed by atoms with Gasteiger partial charge >= 0.3 is 0 Å². The van der Waals surface area contributed by atoms with Crippen molar-refractivity contribution in [3.8, 4) is 12.1 Å². The lowest BCUT2D eigenvalue weighted by atomic mass is 10.2. The highest BCUT2D eigenvalue weighted by Crippen LogP contribution is 2.33. The Balaban J connectivity index is 2.17. The van der Waals surface area contributed by atoms with E-state index in [1.165, 1.54) is 22.7 Å². The number of rotatable bonds is 5. The fourth-order valence-electron chi connectivity index (χ4n) is 1.28. The molecule has 0 radical (unpaired) electrons. The minimum Gasteiger partial charge on any atom is -0.242 e. The van der Waals surface area contributed by atoms with E-state index in [9.17, 15) is 0 Å². The van der Waals surface area contributed by atoms with Crippen LogP contribution in [0.2, 0.25) is 0 Å². The zero-order chi connectivity index (χ0) is 15.2. The summed E-state index contributed by atoms with van der Waals surface area (Å²) >= 11 is 4.15. The van der Waals surface area contributed by atoms with Gasteiger partial charge in [-0.25, -0.2) is 4.98 Å². The van der Waals surface area contributed by atoms with Gasteiger partial charge in [-0.2, -0.15) is 10.5 Å². The SMILES string of the molecule is CCSc1nnc(/N=N/c2sc(C(C#N)C#N)nc2C)s1. The van der Waals surface area contributed by atoms with E-state index in [1.807, 2.05) is 19.1 Å². The Hall–Kier alpha value is -1.88. The maximum absolute atomic E-state index is 8.86. The highest BCUT2D eigenvalue weighted by molar-refractivity contribution is 8.01. The smallest absolute Gasteiger partial charge is 0.242 e. The molecule has 0 spiro atoms. The molecule has 10 heteroatoms. The molecule has 7 nitrogen and oxygen atoms in total.